The van der Waals surface area contributed by atoms with E-state index >= 15 is 0 Å². The van der Waals surface area contributed by atoms with Crippen LogP contribution in [0.4, 0.5) is 16.0 Å². The number of aromatic nitrogens is 4. The maximum atomic E-state index is 12.9. The van der Waals surface area contributed by atoms with Crippen LogP contribution in [0.3, 0.4) is 0 Å². The fourth-order valence-electron chi connectivity index (χ4n) is 2.71. The number of anilines is 2. The lowest BCUT2D eigenvalue weighted by atomic mass is 10.3. The van der Waals surface area contributed by atoms with Gasteiger partial charge in [-0.3, -0.25) is 4.79 Å². The summed E-state index contributed by atoms with van der Waals surface area (Å²) in [7, 11) is 0. The van der Waals surface area contributed by atoms with Crippen molar-refractivity contribution in [2.24, 2.45) is 0 Å². The van der Waals surface area contributed by atoms with Crippen LogP contribution in [0.25, 0.3) is 11.0 Å². The normalized spacial score (nSPS) is 10.4. The average Bonchev–Trinajstić information content (AvgIpc) is 3.22. The number of H-pyrrole nitrogens is 1. The van der Waals surface area contributed by atoms with Crippen molar-refractivity contribution in [2.75, 3.05) is 11.9 Å². The molecule has 4 rings (SSSR count). The molecular weight excluding hydrogens is 419 g/mol. The van der Waals surface area contributed by atoms with Gasteiger partial charge in [-0.1, -0.05) is 29.5 Å². The molecule has 4 aromatic rings. The first-order valence-corrected chi connectivity index (χ1v) is 9.72. The molecule has 2 heterocycles. The summed E-state index contributed by atoms with van der Waals surface area (Å²) >= 11 is 6.07. The summed E-state index contributed by atoms with van der Waals surface area (Å²) in [5, 5.41) is 6.22. The van der Waals surface area contributed by atoms with Gasteiger partial charge in [0.15, 0.2) is 5.82 Å². The molecule has 0 spiro atoms. The second-order valence-corrected chi connectivity index (χ2v) is 6.86. The lowest BCUT2D eigenvalue weighted by molar-refractivity contribution is 0.0945. The van der Waals surface area contributed by atoms with Crippen molar-refractivity contribution in [1.82, 2.24) is 25.3 Å². The third-order valence-electron chi connectivity index (χ3n) is 4.20. The van der Waals surface area contributed by atoms with Gasteiger partial charge in [0.2, 0.25) is 5.95 Å². The molecule has 0 bridgehead atoms. The first-order chi connectivity index (χ1) is 15.1. The topological polar surface area (TPSA) is 95.6 Å². The molecular formula is C22H16ClFN6O. The number of imidazole rings is 1. The number of carbonyl (C=O) groups excluding carboxylic acids is 1. The third kappa shape index (κ3) is 5.15. The van der Waals surface area contributed by atoms with Crippen molar-refractivity contribution in [1.29, 1.82) is 0 Å². The number of carbonyl (C=O) groups is 1. The Labute approximate surface area is 182 Å². The number of aromatic amines is 1. The predicted molar refractivity (Wildman–Crippen MR) is 117 cm³/mol. The number of benzene rings is 2. The molecule has 31 heavy (non-hydrogen) atoms. The Hall–Kier alpha value is -3.96. The summed E-state index contributed by atoms with van der Waals surface area (Å²) in [6.45, 7) is 0.363. The minimum atomic E-state index is -0.325. The van der Waals surface area contributed by atoms with Gasteiger partial charge in [0.25, 0.3) is 5.91 Å². The van der Waals surface area contributed by atoms with Crippen molar-refractivity contribution >= 4 is 40.2 Å². The molecule has 3 N–H and O–H groups in total. The van der Waals surface area contributed by atoms with E-state index in [0.717, 1.165) is 0 Å². The first kappa shape index (κ1) is 20.3. The van der Waals surface area contributed by atoms with Crippen LogP contribution in [-0.2, 0) is 0 Å². The molecule has 0 aliphatic carbocycles. The van der Waals surface area contributed by atoms with Crippen molar-refractivity contribution in [3.05, 3.63) is 77.1 Å². The van der Waals surface area contributed by atoms with Crippen LogP contribution < -0.4 is 10.6 Å². The highest BCUT2D eigenvalue weighted by molar-refractivity contribution is 6.35. The van der Waals surface area contributed by atoms with Gasteiger partial charge in [0, 0.05) is 31.0 Å². The van der Waals surface area contributed by atoms with Gasteiger partial charge < -0.3 is 15.6 Å². The second kappa shape index (κ2) is 9.24. The summed E-state index contributed by atoms with van der Waals surface area (Å²) in [6, 6.07) is 11.2. The standard InChI is InChI=1S/C22H16ClFN6O/c23-17-5-3-6-18-19(17)30-20(29-18)21(31)25-11-2-1-4-14-12-26-22(27-13-14)28-16-9-7-15(24)8-10-16/h3,5-10,12-13H,2,11H2,(H,25,31)(H,29,30)(H,26,27,28). The summed E-state index contributed by atoms with van der Waals surface area (Å²) in [5.74, 6) is 5.85. The molecule has 154 valence electrons. The molecule has 0 radical (unpaired) electrons. The Bertz CT molecular complexity index is 1280. The van der Waals surface area contributed by atoms with E-state index in [1.54, 1.807) is 42.7 Å². The second-order valence-electron chi connectivity index (χ2n) is 6.46. The number of nitrogens with zero attached hydrogens (tertiary/aromatic N) is 3. The van der Waals surface area contributed by atoms with E-state index in [2.05, 4.69) is 42.4 Å². The summed E-state index contributed by atoms with van der Waals surface area (Å²) < 4.78 is 12.9. The first-order valence-electron chi connectivity index (χ1n) is 9.34. The summed E-state index contributed by atoms with van der Waals surface area (Å²) in [4.78, 5) is 27.7. The Morgan fingerprint density at radius 2 is 1.90 bits per heavy atom. The number of fused-ring (bicyclic) bond motifs is 1. The molecule has 0 aliphatic heterocycles. The molecule has 0 saturated carbocycles. The van der Waals surface area contributed by atoms with E-state index in [-0.39, 0.29) is 17.5 Å². The molecule has 1 amide bonds. The van der Waals surface area contributed by atoms with Crippen molar-refractivity contribution in [2.45, 2.75) is 6.42 Å². The van der Waals surface area contributed by atoms with Crippen LogP contribution in [-0.4, -0.2) is 32.4 Å². The number of para-hydroxylation sites is 1. The Balaban J connectivity index is 1.27. The van der Waals surface area contributed by atoms with Crippen LogP contribution in [0.2, 0.25) is 5.02 Å². The van der Waals surface area contributed by atoms with Crippen LogP contribution in [0.15, 0.2) is 54.9 Å². The summed E-state index contributed by atoms with van der Waals surface area (Å²) in [5.41, 5.74) is 2.59. The van der Waals surface area contributed by atoms with Crippen LogP contribution in [0, 0.1) is 17.7 Å². The number of nitrogens with one attached hydrogen (secondary N) is 3. The lowest BCUT2D eigenvalue weighted by Gasteiger charge is -2.03. The molecule has 0 saturated heterocycles. The molecule has 9 heteroatoms. The van der Waals surface area contributed by atoms with E-state index in [4.69, 9.17) is 11.6 Å². The molecule has 0 fully saturated rings. The number of amides is 1. The fourth-order valence-corrected chi connectivity index (χ4v) is 2.93. The van der Waals surface area contributed by atoms with Crippen molar-refractivity contribution < 1.29 is 9.18 Å². The number of rotatable bonds is 5. The van der Waals surface area contributed by atoms with E-state index in [9.17, 15) is 9.18 Å². The monoisotopic (exact) mass is 434 g/mol. The highest BCUT2D eigenvalue weighted by Crippen LogP contribution is 2.20. The van der Waals surface area contributed by atoms with Gasteiger partial charge in [-0.15, -0.1) is 0 Å². The van der Waals surface area contributed by atoms with Gasteiger partial charge in [0.1, 0.15) is 11.3 Å². The number of hydrogen-bond acceptors (Lipinski definition) is 5. The quantitative estimate of drug-likeness (QED) is 0.325. The molecule has 0 aliphatic rings. The number of hydrogen-bond donors (Lipinski definition) is 3. The minimum Gasteiger partial charge on any atom is -0.348 e. The molecule has 0 atom stereocenters. The van der Waals surface area contributed by atoms with Gasteiger partial charge in [0.05, 0.1) is 16.1 Å². The predicted octanol–water partition coefficient (Wildman–Crippen LogP) is 4.06. The number of halogens is 2. The van der Waals surface area contributed by atoms with Crippen LogP contribution >= 0.6 is 11.6 Å². The average molecular weight is 435 g/mol. The highest BCUT2D eigenvalue weighted by Gasteiger charge is 2.12. The fraction of sp³-hybridized carbons (Fsp3) is 0.0909. The Morgan fingerprint density at radius 3 is 2.65 bits per heavy atom. The lowest BCUT2D eigenvalue weighted by Crippen LogP contribution is -2.25. The van der Waals surface area contributed by atoms with E-state index in [1.165, 1.54) is 12.1 Å². The van der Waals surface area contributed by atoms with E-state index in [0.29, 0.717) is 46.2 Å². The molecule has 0 unspecified atom stereocenters. The van der Waals surface area contributed by atoms with Gasteiger partial charge >= 0.3 is 0 Å². The highest BCUT2D eigenvalue weighted by atomic mass is 35.5. The third-order valence-corrected chi connectivity index (χ3v) is 4.50. The van der Waals surface area contributed by atoms with Crippen molar-refractivity contribution in [3.63, 3.8) is 0 Å². The maximum absolute atomic E-state index is 12.9. The van der Waals surface area contributed by atoms with Crippen LogP contribution in [0.5, 0.6) is 0 Å². The smallest absolute Gasteiger partial charge is 0.287 e. The minimum absolute atomic E-state index is 0.203. The zero-order chi connectivity index (χ0) is 21.6. The Kier molecular flexibility index (Phi) is 6.05. The zero-order valence-electron chi connectivity index (χ0n) is 16.1. The van der Waals surface area contributed by atoms with Gasteiger partial charge in [-0.25, -0.2) is 19.3 Å². The molecule has 2 aromatic heterocycles. The maximum Gasteiger partial charge on any atom is 0.287 e. The van der Waals surface area contributed by atoms with Crippen LogP contribution in [0.1, 0.15) is 22.6 Å². The van der Waals surface area contributed by atoms with Gasteiger partial charge in [-0.05, 0) is 36.4 Å². The van der Waals surface area contributed by atoms with Crippen molar-refractivity contribution in [3.8, 4) is 11.8 Å². The zero-order valence-corrected chi connectivity index (χ0v) is 16.9. The van der Waals surface area contributed by atoms with E-state index < -0.39 is 0 Å². The SMILES string of the molecule is O=C(NCCC#Cc1cnc(Nc2ccc(F)cc2)nc1)c1nc2c(Cl)cccc2[nH]1. The molecule has 2 aromatic carbocycles. The van der Waals surface area contributed by atoms with E-state index in [1.807, 2.05) is 0 Å². The molecule has 7 nitrogen and oxygen atoms in total. The summed E-state index contributed by atoms with van der Waals surface area (Å²) in [6.07, 6.45) is 3.62. The van der Waals surface area contributed by atoms with Gasteiger partial charge in [-0.2, -0.15) is 0 Å². The largest absolute Gasteiger partial charge is 0.348 e. The Morgan fingerprint density at radius 1 is 1.13 bits per heavy atom.